The first-order chi connectivity index (χ1) is 8.59. The van der Waals surface area contributed by atoms with E-state index < -0.39 is 7.12 Å². The lowest BCUT2D eigenvalue weighted by Gasteiger charge is -2.07. The molecule has 4 N–H and O–H groups in total. The van der Waals surface area contributed by atoms with Crippen LogP contribution in [0.25, 0.3) is 0 Å². The quantitative estimate of drug-likeness (QED) is 0.406. The van der Waals surface area contributed by atoms with Crippen LogP contribution in [0.3, 0.4) is 0 Å². The lowest BCUT2D eigenvalue weighted by atomic mass is 9.78. The first kappa shape index (κ1) is 12.4. The summed E-state index contributed by atoms with van der Waals surface area (Å²) >= 11 is 0. The number of carbonyl (C=O) groups is 1. The molecule has 0 aliphatic rings. The topological polar surface area (TPSA) is 83.6 Å². The Balaban J connectivity index is 2.36. The molecular weight excluding hydrogens is 229 g/mol. The van der Waals surface area contributed by atoms with Gasteiger partial charge < -0.3 is 15.8 Å². The zero-order valence-electron chi connectivity index (χ0n) is 9.58. The van der Waals surface area contributed by atoms with Crippen LogP contribution in [0.2, 0.25) is 0 Å². The summed E-state index contributed by atoms with van der Waals surface area (Å²) in [5.41, 5.74) is 7.03. The zero-order chi connectivity index (χ0) is 13.1. The van der Waals surface area contributed by atoms with E-state index in [2.05, 4.69) is 0 Å². The van der Waals surface area contributed by atoms with Crippen LogP contribution in [0.1, 0.15) is 15.9 Å². The van der Waals surface area contributed by atoms with Gasteiger partial charge in [0.1, 0.15) is 0 Å². The lowest BCUT2D eigenvalue weighted by molar-refractivity contribution is 0.103. The highest BCUT2D eigenvalue weighted by atomic mass is 16.4. The second-order valence-corrected chi connectivity index (χ2v) is 3.91. The molecule has 0 amide bonds. The number of anilines is 1. The average Bonchev–Trinajstić information content (AvgIpc) is 2.38. The molecule has 0 aliphatic carbocycles. The minimum Gasteiger partial charge on any atom is -0.423 e. The van der Waals surface area contributed by atoms with E-state index in [1.54, 1.807) is 24.3 Å². The van der Waals surface area contributed by atoms with Crippen molar-refractivity contribution in [2.24, 2.45) is 0 Å². The fourth-order valence-electron chi connectivity index (χ4n) is 1.71. The van der Waals surface area contributed by atoms with Crippen LogP contribution >= 0.6 is 0 Å². The van der Waals surface area contributed by atoms with Crippen molar-refractivity contribution in [3.05, 3.63) is 59.7 Å². The summed E-state index contributed by atoms with van der Waals surface area (Å²) in [7, 11) is -1.63. The van der Waals surface area contributed by atoms with Crippen LogP contribution in [0, 0.1) is 0 Å². The molecule has 0 atom stereocenters. The first-order valence-electron chi connectivity index (χ1n) is 5.45. The Bertz CT molecular complexity index is 570. The van der Waals surface area contributed by atoms with Gasteiger partial charge in [-0.25, -0.2) is 0 Å². The highest BCUT2D eigenvalue weighted by molar-refractivity contribution is 6.60. The number of hydrogen-bond donors (Lipinski definition) is 3. The van der Waals surface area contributed by atoms with Gasteiger partial charge in [0.2, 0.25) is 0 Å². The maximum Gasteiger partial charge on any atom is 0.490 e. The zero-order valence-corrected chi connectivity index (χ0v) is 9.58. The summed E-state index contributed by atoms with van der Waals surface area (Å²) in [6, 6.07) is 13.2. The minimum absolute atomic E-state index is 0.152. The Hall–Kier alpha value is -2.11. The molecule has 0 saturated heterocycles. The Morgan fingerprint density at radius 1 is 1.00 bits per heavy atom. The molecular formula is C13H12BNO3. The van der Waals surface area contributed by atoms with E-state index in [0.29, 0.717) is 11.1 Å². The van der Waals surface area contributed by atoms with Crippen molar-refractivity contribution in [3.8, 4) is 0 Å². The molecule has 2 aromatic carbocycles. The van der Waals surface area contributed by atoms with Crippen molar-refractivity contribution < 1.29 is 14.8 Å². The van der Waals surface area contributed by atoms with E-state index in [1.165, 1.54) is 18.2 Å². The van der Waals surface area contributed by atoms with Crippen molar-refractivity contribution in [3.63, 3.8) is 0 Å². The number of rotatable bonds is 3. The predicted octanol–water partition coefficient (Wildman–Crippen LogP) is 0.180. The number of carbonyl (C=O) groups excluding carboxylic acids is 1. The number of ketones is 1. The van der Waals surface area contributed by atoms with Crippen LogP contribution in [0.5, 0.6) is 0 Å². The molecule has 0 aromatic heterocycles. The minimum atomic E-state index is -1.63. The molecule has 90 valence electrons. The fourth-order valence-corrected chi connectivity index (χ4v) is 1.71. The second kappa shape index (κ2) is 5.04. The van der Waals surface area contributed by atoms with Gasteiger partial charge in [0.05, 0.1) is 0 Å². The maximum absolute atomic E-state index is 12.1. The van der Waals surface area contributed by atoms with Crippen LogP contribution in [0.15, 0.2) is 48.5 Å². The maximum atomic E-state index is 12.1. The third kappa shape index (κ3) is 2.42. The van der Waals surface area contributed by atoms with Gasteiger partial charge in [-0.05, 0) is 6.07 Å². The summed E-state index contributed by atoms with van der Waals surface area (Å²) in [5, 5.41) is 18.1. The van der Waals surface area contributed by atoms with Crippen molar-refractivity contribution in [2.45, 2.75) is 0 Å². The highest BCUT2D eigenvalue weighted by Gasteiger charge is 2.16. The van der Waals surface area contributed by atoms with Crippen molar-refractivity contribution in [2.75, 3.05) is 5.73 Å². The highest BCUT2D eigenvalue weighted by Crippen LogP contribution is 2.11. The Morgan fingerprint density at radius 2 is 1.67 bits per heavy atom. The molecule has 2 aromatic rings. The number of nitrogens with two attached hydrogens (primary N) is 1. The standard InChI is InChI=1S/C13H12BNO3/c15-12-8-10(6-7-11(12)14(17)18)13(16)9-4-2-1-3-5-9/h1-8,17-18H,15H2. The van der Waals surface area contributed by atoms with E-state index >= 15 is 0 Å². The normalized spacial score (nSPS) is 10.1. The summed E-state index contributed by atoms with van der Waals surface area (Å²) in [6.07, 6.45) is 0. The van der Waals surface area contributed by atoms with E-state index in [4.69, 9.17) is 15.8 Å². The first-order valence-corrected chi connectivity index (χ1v) is 5.45. The number of benzene rings is 2. The fraction of sp³-hybridized carbons (Fsp3) is 0. The molecule has 0 fully saturated rings. The van der Waals surface area contributed by atoms with E-state index in [0.717, 1.165) is 0 Å². The van der Waals surface area contributed by atoms with E-state index in [1.807, 2.05) is 6.07 Å². The van der Waals surface area contributed by atoms with Gasteiger partial charge >= 0.3 is 7.12 Å². The SMILES string of the molecule is Nc1cc(C(=O)c2ccccc2)ccc1B(O)O. The van der Waals surface area contributed by atoms with Crippen molar-refractivity contribution in [1.82, 2.24) is 0 Å². The van der Waals surface area contributed by atoms with Crippen molar-refractivity contribution in [1.29, 1.82) is 0 Å². The van der Waals surface area contributed by atoms with Gasteiger partial charge in [0.15, 0.2) is 5.78 Å². The monoisotopic (exact) mass is 241 g/mol. The predicted molar refractivity (Wildman–Crippen MR) is 70.6 cm³/mol. The number of hydrogen-bond acceptors (Lipinski definition) is 4. The molecule has 0 unspecified atom stereocenters. The third-order valence-electron chi connectivity index (χ3n) is 2.66. The molecule has 0 bridgehead atoms. The summed E-state index contributed by atoms with van der Waals surface area (Å²) in [6.45, 7) is 0. The Labute approximate surface area is 105 Å². The number of nitrogen functional groups attached to an aromatic ring is 1. The van der Waals surface area contributed by atoms with Crippen LogP contribution in [-0.4, -0.2) is 22.9 Å². The smallest absolute Gasteiger partial charge is 0.423 e. The van der Waals surface area contributed by atoms with Crippen LogP contribution < -0.4 is 11.2 Å². The Morgan fingerprint density at radius 3 is 2.22 bits per heavy atom. The summed E-state index contributed by atoms with van der Waals surface area (Å²) in [4.78, 5) is 12.1. The third-order valence-corrected chi connectivity index (χ3v) is 2.66. The Kier molecular flexibility index (Phi) is 3.46. The lowest BCUT2D eigenvalue weighted by Crippen LogP contribution is -2.32. The molecule has 0 radical (unpaired) electrons. The van der Waals surface area contributed by atoms with Crippen LogP contribution in [-0.2, 0) is 0 Å². The van der Waals surface area contributed by atoms with Gasteiger partial charge in [0.25, 0.3) is 0 Å². The van der Waals surface area contributed by atoms with E-state index in [-0.39, 0.29) is 16.9 Å². The molecule has 0 aliphatic heterocycles. The molecule has 0 saturated carbocycles. The van der Waals surface area contributed by atoms with Gasteiger partial charge in [-0.1, -0.05) is 42.5 Å². The summed E-state index contributed by atoms with van der Waals surface area (Å²) < 4.78 is 0. The average molecular weight is 241 g/mol. The summed E-state index contributed by atoms with van der Waals surface area (Å²) in [5.74, 6) is -0.152. The molecule has 5 heteroatoms. The molecule has 18 heavy (non-hydrogen) atoms. The largest absolute Gasteiger partial charge is 0.490 e. The van der Waals surface area contributed by atoms with Gasteiger partial charge in [0, 0.05) is 22.3 Å². The van der Waals surface area contributed by atoms with Gasteiger partial charge in [-0.3, -0.25) is 4.79 Å². The van der Waals surface area contributed by atoms with Crippen molar-refractivity contribution >= 4 is 24.1 Å². The molecule has 2 rings (SSSR count). The molecule has 4 nitrogen and oxygen atoms in total. The molecule has 0 spiro atoms. The molecule has 0 heterocycles. The second-order valence-electron chi connectivity index (χ2n) is 3.91. The van der Waals surface area contributed by atoms with Crippen LogP contribution in [0.4, 0.5) is 5.69 Å². The van der Waals surface area contributed by atoms with Gasteiger partial charge in [-0.2, -0.15) is 0 Å². The van der Waals surface area contributed by atoms with E-state index in [9.17, 15) is 4.79 Å². The van der Waals surface area contributed by atoms with Gasteiger partial charge in [-0.15, -0.1) is 0 Å².